The average molecular weight is 544 g/mol. The van der Waals surface area contributed by atoms with Gasteiger partial charge in [-0.15, -0.1) is 0 Å². The fourth-order valence-electron chi connectivity index (χ4n) is 4.34. The second-order valence-corrected chi connectivity index (χ2v) is 9.77. The maximum absolute atomic E-state index is 13.5. The maximum Gasteiger partial charge on any atom is 0.322 e. The van der Waals surface area contributed by atoms with Gasteiger partial charge in [-0.2, -0.15) is 0 Å². The van der Waals surface area contributed by atoms with Crippen molar-refractivity contribution in [3.63, 3.8) is 0 Å². The van der Waals surface area contributed by atoms with E-state index in [1.165, 1.54) is 0 Å². The van der Waals surface area contributed by atoms with Crippen LogP contribution in [0.4, 0.5) is 10.5 Å². The number of benzene rings is 4. The Labute approximate surface area is 232 Å². The molecule has 0 saturated carbocycles. The van der Waals surface area contributed by atoms with Crippen LogP contribution in [-0.4, -0.2) is 22.5 Å². The van der Waals surface area contributed by atoms with Crippen LogP contribution in [0.3, 0.4) is 0 Å². The smallest absolute Gasteiger partial charge is 0.322 e. The lowest BCUT2D eigenvalue weighted by Gasteiger charge is -2.24. The van der Waals surface area contributed by atoms with Crippen LogP contribution < -0.4 is 10.1 Å². The Morgan fingerprint density at radius 3 is 2.50 bits per heavy atom. The van der Waals surface area contributed by atoms with Gasteiger partial charge in [0.05, 0.1) is 15.7 Å². The summed E-state index contributed by atoms with van der Waals surface area (Å²) in [4.78, 5) is 18.6. The van der Waals surface area contributed by atoms with E-state index in [2.05, 4.69) is 16.4 Å². The molecule has 7 heteroatoms. The molecule has 5 aromatic rings. The average Bonchev–Trinajstić information content (AvgIpc) is 3.36. The molecule has 2 N–H and O–H groups in total. The van der Waals surface area contributed by atoms with Crippen molar-refractivity contribution in [2.45, 2.75) is 19.6 Å². The summed E-state index contributed by atoms with van der Waals surface area (Å²) in [5, 5.41) is 4.79. The topological polar surface area (TPSA) is 57.4 Å². The Morgan fingerprint density at radius 1 is 0.868 bits per heavy atom. The summed E-state index contributed by atoms with van der Waals surface area (Å²) in [6, 6.07) is 30.9. The van der Waals surface area contributed by atoms with E-state index in [0.29, 0.717) is 41.8 Å². The van der Waals surface area contributed by atoms with E-state index >= 15 is 0 Å². The molecule has 1 heterocycles. The minimum Gasteiger partial charge on any atom is -0.489 e. The number of nitrogens with one attached hydrogen (secondary N) is 2. The molecule has 0 spiro atoms. The summed E-state index contributed by atoms with van der Waals surface area (Å²) in [6.45, 7) is 1.37. The van der Waals surface area contributed by atoms with Crippen LogP contribution in [0.25, 0.3) is 10.9 Å². The number of amides is 2. The summed E-state index contributed by atoms with van der Waals surface area (Å²) < 4.78 is 6.01. The molecule has 38 heavy (non-hydrogen) atoms. The first-order valence-electron chi connectivity index (χ1n) is 12.4. The van der Waals surface area contributed by atoms with Crippen molar-refractivity contribution in [2.75, 3.05) is 11.9 Å². The van der Waals surface area contributed by atoms with Gasteiger partial charge in [0.25, 0.3) is 0 Å². The molecular formula is C31H27Cl2N3O2. The molecule has 0 aliphatic carbocycles. The van der Waals surface area contributed by atoms with Crippen molar-refractivity contribution in [1.82, 2.24) is 9.88 Å². The zero-order chi connectivity index (χ0) is 26.3. The first kappa shape index (κ1) is 25.7. The van der Waals surface area contributed by atoms with E-state index in [1.54, 1.807) is 23.1 Å². The maximum atomic E-state index is 13.5. The fraction of sp³-hybridized carbons (Fsp3) is 0.129. The van der Waals surface area contributed by atoms with Crippen molar-refractivity contribution < 1.29 is 9.53 Å². The van der Waals surface area contributed by atoms with Gasteiger partial charge in [-0.05, 0) is 53.4 Å². The molecule has 192 valence electrons. The van der Waals surface area contributed by atoms with Gasteiger partial charge in [0.1, 0.15) is 12.4 Å². The highest BCUT2D eigenvalue weighted by atomic mass is 35.5. The highest BCUT2D eigenvalue weighted by Crippen LogP contribution is 2.30. The Hall–Kier alpha value is -3.93. The lowest BCUT2D eigenvalue weighted by atomic mass is 10.1. The van der Waals surface area contributed by atoms with E-state index in [0.717, 1.165) is 33.3 Å². The Morgan fingerprint density at radius 2 is 1.63 bits per heavy atom. The number of rotatable bonds is 9. The van der Waals surface area contributed by atoms with E-state index < -0.39 is 0 Å². The number of fused-ring (bicyclic) bond motifs is 1. The third-order valence-corrected chi connectivity index (χ3v) is 7.15. The number of halogens is 2. The van der Waals surface area contributed by atoms with Crippen molar-refractivity contribution >= 4 is 45.8 Å². The minimum absolute atomic E-state index is 0.260. The van der Waals surface area contributed by atoms with Crippen LogP contribution in [-0.2, 0) is 19.6 Å². The standard InChI is InChI=1S/C31H27Cl2N3O2/c32-27-13-7-15-29(30(27)33)35-31(37)36(17-16-24-19-34-28-14-5-4-12-26(24)28)20-23-10-6-11-25(18-23)38-21-22-8-2-1-3-9-22/h1-15,18-19,34H,16-17,20-21H2,(H,35,37). The summed E-state index contributed by atoms with van der Waals surface area (Å²) in [6.07, 6.45) is 2.69. The molecule has 0 aliphatic heterocycles. The normalized spacial score (nSPS) is 10.9. The molecule has 0 unspecified atom stereocenters. The molecule has 0 aliphatic rings. The molecule has 0 saturated heterocycles. The van der Waals surface area contributed by atoms with Crippen LogP contribution in [0.2, 0.25) is 10.0 Å². The summed E-state index contributed by atoms with van der Waals surface area (Å²) in [7, 11) is 0. The quantitative estimate of drug-likeness (QED) is 0.196. The van der Waals surface area contributed by atoms with Crippen molar-refractivity contribution in [3.8, 4) is 5.75 Å². The number of aromatic nitrogens is 1. The highest BCUT2D eigenvalue weighted by Gasteiger charge is 2.18. The first-order valence-corrected chi connectivity index (χ1v) is 13.1. The van der Waals surface area contributed by atoms with Gasteiger partial charge in [-0.3, -0.25) is 0 Å². The van der Waals surface area contributed by atoms with E-state index in [1.807, 2.05) is 79.0 Å². The van der Waals surface area contributed by atoms with Crippen molar-refractivity contribution in [1.29, 1.82) is 0 Å². The number of carbonyl (C=O) groups excluding carboxylic acids is 1. The third kappa shape index (κ3) is 6.31. The predicted octanol–water partition coefficient (Wildman–Crippen LogP) is 8.33. The zero-order valence-electron chi connectivity index (χ0n) is 20.7. The number of nitrogens with zero attached hydrogens (tertiary/aromatic N) is 1. The molecule has 1 aromatic heterocycles. The Bertz CT molecular complexity index is 1540. The second kappa shape index (κ2) is 12.1. The molecule has 2 amide bonds. The number of aromatic amines is 1. The number of ether oxygens (including phenoxy) is 1. The summed E-state index contributed by atoms with van der Waals surface area (Å²) >= 11 is 12.5. The minimum atomic E-state index is -0.260. The van der Waals surface area contributed by atoms with E-state index in [-0.39, 0.29) is 6.03 Å². The number of urea groups is 1. The van der Waals surface area contributed by atoms with Crippen LogP contribution in [0.5, 0.6) is 5.75 Å². The van der Waals surface area contributed by atoms with Gasteiger partial charge < -0.3 is 19.9 Å². The molecule has 5 rings (SSSR count). The number of carbonyl (C=O) groups is 1. The molecule has 0 atom stereocenters. The number of anilines is 1. The van der Waals surface area contributed by atoms with Gasteiger partial charge in [-0.1, -0.05) is 89.9 Å². The van der Waals surface area contributed by atoms with E-state index in [4.69, 9.17) is 27.9 Å². The SMILES string of the molecule is O=C(Nc1cccc(Cl)c1Cl)N(CCc1c[nH]c2ccccc12)Cc1cccc(OCc2ccccc2)c1. The number of para-hydroxylation sites is 1. The number of hydrogen-bond acceptors (Lipinski definition) is 2. The Kier molecular flexibility index (Phi) is 8.17. The molecule has 0 fully saturated rings. The summed E-state index contributed by atoms with van der Waals surface area (Å²) in [5.41, 5.74) is 4.76. The van der Waals surface area contributed by atoms with Crippen LogP contribution >= 0.6 is 23.2 Å². The molecule has 0 radical (unpaired) electrons. The van der Waals surface area contributed by atoms with Crippen molar-refractivity contribution in [2.24, 2.45) is 0 Å². The van der Waals surface area contributed by atoms with E-state index in [9.17, 15) is 4.79 Å². The van der Waals surface area contributed by atoms with Gasteiger partial charge in [0, 0.05) is 30.2 Å². The number of hydrogen-bond donors (Lipinski definition) is 2. The third-order valence-electron chi connectivity index (χ3n) is 6.33. The van der Waals surface area contributed by atoms with Crippen molar-refractivity contribution in [3.05, 3.63) is 130 Å². The van der Waals surface area contributed by atoms with Crippen LogP contribution in [0, 0.1) is 0 Å². The van der Waals surface area contributed by atoms with Gasteiger partial charge in [-0.25, -0.2) is 4.79 Å². The second-order valence-electron chi connectivity index (χ2n) is 8.98. The molecule has 5 nitrogen and oxygen atoms in total. The van der Waals surface area contributed by atoms with Gasteiger partial charge >= 0.3 is 6.03 Å². The lowest BCUT2D eigenvalue weighted by molar-refractivity contribution is 0.209. The first-order chi connectivity index (χ1) is 18.6. The van der Waals surface area contributed by atoms with Crippen LogP contribution in [0.1, 0.15) is 16.7 Å². The monoisotopic (exact) mass is 543 g/mol. The molecule has 0 bridgehead atoms. The zero-order valence-corrected chi connectivity index (χ0v) is 22.2. The number of H-pyrrole nitrogens is 1. The largest absolute Gasteiger partial charge is 0.489 e. The van der Waals surface area contributed by atoms with Gasteiger partial charge in [0.15, 0.2) is 0 Å². The molecule has 4 aromatic carbocycles. The lowest BCUT2D eigenvalue weighted by Crippen LogP contribution is -2.36. The molecular weight excluding hydrogens is 517 g/mol. The Balaban J connectivity index is 1.33. The highest BCUT2D eigenvalue weighted by molar-refractivity contribution is 6.43. The van der Waals surface area contributed by atoms with Crippen LogP contribution in [0.15, 0.2) is 103 Å². The predicted molar refractivity (Wildman–Crippen MR) is 155 cm³/mol. The fourth-order valence-corrected chi connectivity index (χ4v) is 4.68. The van der Waals surface area contributed by atoms with Gasteiger partial charge in [0.2, 0.25) is 0 Å². The summed E-state index contributed by atoms with van der Waals surface area (Å²) in [5.74, 6) is 0.751.